The fourth-order valence-corrected chi connectivity index (χ4v) is 2.22. The Kier molecular flexibility index (Phi) is 4.60. The van der Waals surface area contributed by atoms with Crippen molar-refractivity contribution >= 4 is 27.5 Å². The average Bonchev–Trinajstić information content (AvgIpc) is 2.66. The maximum absolute atomic E-state index is 6.15. The molecule has 2 heterocycles. The first kappa shape index (κ1) is 14.5. The van der Waals surface area contributed by atoms with Crippen LogP contribution >= 0.6 is 27.5 Å². The molecular weight excluding hydrogens is 328 g/mol. The summed E-state index contributed by atoms with van der Waals surface area (Å²) in [6.45, 7) is 7.56. The lowest BCUT2D eigenvalue weighted by Gasteiger charge is -2.08. The summed E-state index contributed by atoms with van der Waals surface area (Å²) >= 11 is 9.68. The van der Waals surface area contributed by atoms with Crippen molar-refractivity contribution < 1.29 is 0 Å². The first-order valence-corrected chi connectivity index (χ1v) is 7.30. The highest BCUT2D eigenvalue weighted by molar-refractivity contribution is 9.10. The molecule has 0 spiro atoms. The third-order valence-corrected chi connectivity index (χ3v) is 4.36. The number of rotatable bonds is 4. The van der Waals surface area contributed by atoms with E-state index in [1.165, 1.54) is 0 Å². The monoisotopic (exact) mass is 342 g/mol. The summed E-state index contributed by atoms with van der Waals surface area (Å²) in [4.78, 5) is 4.58. The molecule has 102 valence electrons. The normalized spacial score (nSPS) is 11.0. The van der Waals surface area contributed by atoms with Gasteiger partial charge in [0.25, 0.3) is 0 Å². The summed E-state index contributed by atoms with van der Waals surface area (Å²) in [6.07, 6.45) is 0. The number of aryl methyl sites for hydroxylation is 1. The SMILES string of the molecule is CCNCc1nc(-n2nc(C)c(Br)c2C)ccc1Cl. The number of hydrogen-bond donors (Lipinski definition) is 1. The second kappa shape index (κ2) is 6.03. The van der Waals surface area contributed by atoms with Crippen LogP contribution in [0.5, 0.6) is 0 Å². The smallest absolute Gasteiger partial charge is 0.154 e. The van der Waals surface area contributed by atoms with E-state index in [1.54, 1.807) is 0 Å². The van der Waals surface area contributed by atoms with E-state index in [2.05, 4.69) is 38.3 Å². The second-order valence-corrected chi connectivity index (χ2v) is 5.48. The fraction of sp³-hybridized carbons (Fsp3) is 0.385. The van der Waals surface area contributed by atoms with Crippen LogP contribution < -0.4 is 5.32 Å². The van der Waals surface area contributed by atoms with Crippen LogP contribution in [-0.4, -0.2) is 21.3 Å². The molecule has 6 heteroatoms. The van der Waals surface area contributed by atoms with Crippen LogP contribution in [0.15, 0.2) is 16.6 Å². The van der Waals surface area contributed by atoms with Crippen molar-refractivity contribution in [3.8, 4) is 5.82 Å². The molecule has 0 atom stereocenters. The lowest BCUT2D eigenvalue weighted by Crippen LogP contribution is -2.14. The van der Waals surface area contributed by atoms with Crippen LogP contribution in [0.25, 0.3) is 5.82 Å². The molecule has 0 bridgehead atoms. The van der Waals surface area contributed by atoms with Crippen molar-refractivity contribution in [2.24, 2.45) is 0 Å². The number of hydrogen-bond acceptors (Lipinski definition) is 3. The maximum atomic E-state index is 6.15. The summed E-state index contributed by atoms with van der Waals surface area (Å²) in [5, 5.41) is 8.38. The molecule has 1 N–H and O–H groups in total. The predicted molar refractivity (Wildman–Crippen MR) is 80.9 cm³/mol. The lowest BCUT2D eigenvalue weighted by atomic mass is 10.3. The fourth-order valence-electron chi connectivity index (χ4n) is 1.80. The Bertz CT molecular complexity index is 595. The highest BCUT2D eigenvalue weighted by atomic mass is 79.9. The van der Waals surface area contributed by atoms with Crippen LogP contribution in [0, 0.1) is 13.8 Å². The molecule has 0 saturated heterocycles. The molecule has 4 nitrogen and oxygen atoms in total. The maximum Gasteiger partial charge on any atom is 0.154 e. The number of nitrogens with zero attached hydrogens (tertiary/aromatic N) is 3. The standard InChI is InChI=1S/C13H16BrClN4/c1-4-16-7-11-10(15)5-6-12(17-11)19-9(3)13(14)8(2)18-19/h5-6,16H,4,7H2,1-3H3. The molecule has 0 aliphatic heterocycles. The van der Waals surface area contributed by atoms with Gasteiger partial charge in [0.1, 0.15) is 0 Å². The van der Waals surface area contributed by atoms with Gasteiger partial charge in [0, 0.05) is 6.54 Å². The largest absolute Gasteiger partial charge is 0.311 e. The molecule has 0 amide bonds. The van der Waals surface area contributed by atoms with Gasteiger partial charge >= 0.3 is 0 Å². The summed E-state index contributed by atoms with van der Waals surface area (Å²) < 4.78 is 2.84. The third-order valence-electron chi connectivity index (χ3n) is 2.87. The van der Waals surface area contributed by atoms with Crippen LogP contribution in [0.4, 0.5) is 0 Å². The zero-order valence-corrected chi connectivity index (χ0v) is 13.5. The minimum atomic E-state index is 0.656. The molecule has 2 aromatic heterocycles. The number of aromatic nitrogens is 3. The summed E-state index contributed by atoms with van der Waals surface area (Å²) in [6, 6.07) is 3.74. The first-order valence-electron chi connectivity index (χ1n) is 6.12. The predicted octanol–water partition coefficient (Wildman–Crippen LogP) is 3.41. The van der Waals surface area contributed by atoms with Crippen LogP contribution in [-0.2, 0) is 6.54 Å². The number of halogens is 2. The molecule has 0 unspecified atom stereocenters. The Hall–Kier alpha value is -0.910. The van der Waals surface area contributed by atoms with Crippen LogP contribution in [0.3, 0.4) is 0 Å². The molecule has 19 heavy (non-hydrogen) atoms. The topological polar surface area (TPSA) is 42.7 Å². The lowest BCUT2D eigenvalue weighted by molar-refractivity contribution is 0.702. The summed E-state index contributed by atoms with van der Waals surface area (Å²) in [7, 11) is 0. The highest BCUT2D eigenvalue weighted by Gasteiger charge is 2.12. The number of nitrogens with one attached hydrogen (secondary N) is 1. The van der Waals surface area contributed by atoms with Gasteiger partial charge in [0.15, 0.2) is 5.82 Å². The Labute approximate surface area is 126 Å². The van der Waals surface area contributed by atoms with E-state index in [0.29, 0.717) is 11.6 Å². The zero-order chi connectivity index (χ0) is 14.0. The van der Waals surface area contributed by atoms with Crippen molar-refractivity contribution in [1.82, 2.24) is 20.1 Å². The van der Waals surface area contributed by atoms with Crippen LogP contribution in [0.1, 0.15) is 24.0 Å². The van der Waals surface area contributed by atoms with Gasteiger partial charge in [0.05, 0.1) is 26.6 Å². The zero-order valence-electron chi connectivity index (χ0n) is 11.2. The van der Waals surface area contributed by atoms with E-state index in [-0.39, 0.29) is 0 Å². The summed E-state index contributed by atoms with van der Waals surface area (Å²) in [5.74, 6) is 0.781. The van der Waals surface area contributed by atoms with Crippen molar-refractivity contribution in [3.05, 3.63) is 38.7 Å². The Morgan fingerprint density at radius 2 is 2.11 bits per heavy atom. The molecule has 0 aliphatic rings. The van der Waals surface area contributed by atoms with E-state index < -0.39 is 0 Å². The molecule has 2 aromatic rings. The van der Waals surface area contributed by atoms with Gasteiger partial charge in [0.2, 0.25) is 0 Å². The van der Waals surface area contributed by atoms with Gasteiger partial charge in [-0.3, -0.25) is 0 Å². The molecule has 0 saturated carbocycles. The van der Waals surface area contributed by atoms with Gasteiger partial charge < -0.3 is 5.32 Å². The van der Waals surface area contributed by atoms with E-state index >= 15 is 0 Å². The van der Waals surface area contributed by atoms with E-state index in [9.17, 15) is 0 Å². The van der Waals surface area contributed by atoms with Crippen molar-refractivity contribution in [2.75, 3.05) is 6.54 Å². The molecule has 0 fully saturated rings. The minimum Gasteiger partial charge on any atom is -0.311 e. The van der Waals surface area contributed by atoms with Crippen molar-refractivity contribution in [2.45, 2.75) is 27.3 Å². The highest BCUT2D eigenvalue weighted by Crippen LogP contribution is 2.23. The van der Waals surface area contributed by atoms with Crippen molar-refractivity contribution in [1.29, 1.82) is 0 Å². The number of pyridine rings is 1. The Balaban J connectivity index is 2.42. The quantitative estimate of drug-likeness (QED) is 0.925. The van der Waals surface area contributed by atoms with Gasteiger partial charge in [-0.15, -0.1) is 0 Å². The van der Waals surface area contributed by atoms with E-state index in [4.69, 9.17) is 11.6 Å². The Morgan fingerprint density at radius 1 is 1.37 bits per heavy atom. The first-order chi connectivity index (χ1) is 9.04. The minimum absolute atomic E-state index is 0.656. The van der Waals surface area contributed by atoms with Gasteiger partial charge in [-0.2, -0.15) is 5.10 Å². The van der Waals surface area contributed by atoms with E-state index in [1.807, 2.05) is 30.7 Å². The molecule has 0 aliphatic carbocycles. The molecular formula is C13H16BrClN4. The summed E-state index contributed by atoms with van der Waals surface area (Å²) in [5.41, 5.74) is 2.81. The van der Waals surface area contributed by atoms with Crippen LogP contribution in [0.2, 0.25) is 5.02 Å². The third kappa shape index (κ3) is 2.99. The van der Waals surface area contributed by atoms with Crippen molar-refractivity contribution in [3.63, 3.8) is 0 Å². The average molecular weight is 344 g/mol. The van der Waals surface area contributed by atoms with E-state index in [0.717, 1.165) is 33.9 Å². The molecule has 0 aromatic carbocycles. The van der Waals surface area contributed by atoms with Gasteiger partial charge in [-0.25, -0.2) is 9.67 Å². The van der Waals surface area contributed by atoms with Gasteiger partial charge in [-0.05, 0) is 48.5 Å². The Morgan fingerprint density at radius 3 is 2.68 bits per heavy atom. The molecule has 0 radical (unpaired) electrons. The second-order valence-electron chi connectivity index (χ2n) is 4.27. The van der Waals surface area contributed by atoms with Gasteiger partial charge in [-0.1, -0.05) is 18.5 Å². The molecule has 2 rings (SSSR count).